The maximum Gasteiger partial charge on any atom is 0.297 e. The van der Waals surface area contributed by atoms with Crippen molar-refractivity contribution in [1.82, 2.24) is 19.7 Å². The molecular weight excluding hydrogens is 652 g/mol. The highest BCUT2D eigenvalue weighted by molar-refractivity contribution is 5.96. The number of ether oxygens (including phenoxy) is 5. The first-order valence-electron chi connectivity index (χ1n) is 15.5. The quantitative estimate of drug-likeness (QED) is 0.110. The normalized spacial score (nSPS) is 14.8. The molecule has 1 unspecified atom stereocenters. The maximum absolute atomic E-state index is 12.8. The van der Waals surface area contributed by atoms with Crippen molar-refractivity contribution in [2.45, 2.75) is 25.7 Å². The molecular formula is C34H38N6O10. The van der Waals surface area contributed by atoms with Gasteiger partial charge in [0.2, 0.25) is 10.9 Å². The van der Waals surface area contributed by atoms with Crippen LogP contribution in [0.4, 0.5) is 0 Å². The lowest BCUT2D eigenvalue weighted by atomic mass is 10.2. The molecule has 264 valence electrons. The van der Waals surface area contributed by atoms with E-state index >= 15 is 0 Å². The summed E-state index contributed by atoms with van der Waals surface area (Å²) in [6, 6.07) is 21.3. The molecule has 2 amide bonds. The van der Waals surface area contributed by atoms with Crippen LogP contribution in [-0.2, 0) is 32.3 Å². The topological polar surface area (TPSA) is 187 Å². The number of carbonyl (C=O) groups excluding carboxylic acids is 2. The van der Waals surface area contributed by atoms with Gasteiger partial charge in [-0.15, -0.1) is 0 Å². The Morgan fingerprint density at radius 2 is 1.50 bits per heavy atom. The van der Waals surface area contributed by atoms with Gasteiger partial charge in [-0.25, -0.2) is 5.48 Å². The minimum atomic E-state index is -0.737. The Hall–Kier alpha value is -5.68. The van der Waals surface area contributed by atoms with E-state index in [0.29, 0.717) is 19.8 Å². The summed E-state index contributed by atoms with van der Waals surface area (Å²) in [6.07, 6.45) is 1.93. The van der Waals surface area contributed by atoms with Crippen molar-refractivity contribution >= 4 is 11.8 Å². The van der Waals surface area contributed by atoms with Crippen molar-refractivity contribution < 1.29 is 38.1 Å². The second kappa shape index (κ2) is 17.1. The van der Waals surface area contributed by atoms with E-state index in [1.165, 1.54) is 32.5 Å². The van der Waals surface area contributed by atoms with E-state index in [9.17, 15) is 19.2 Å². The summed E-state index contributed by atoms with van der Waals surface area (Å²) < 4.78 is 29.1. The van der Waals surface area contributed by atoms with Gasteiger partial charge in [0.1, 0.15) is 26.0 Å². The first-order valence-corrected chi connectivity index (χ1v) is 15.5. The molecule has 4 heterocycles. The molecule has 50 heavy (non-hydrogen) atoms. The molecule has 2 aromatic carbocycles. The van der Waals surface area contributed by atoms with Gasteiger partial charge in [0.25, 0.3) is 11.8 Å². The number of nitrogen functional groups attached to an aromatic ring is 1. The minimum Gasteiger partial charge on any atom is -0.482 e. The van der Waals surface area contributed by atoms with Crippen LogP contribution in [0.15, 0.2) is 94.8 Å². The fraction of sp³-hybridized carbons (Fsp3) is 0.294. The molecule has 6 rings (SSSR count). The van der Waals surface area contributed by atoms with Crippen LogP contribution in [0.3, 0.4) is 0 Å². The van der Waals surface area contributed by atoms with Gasteiger partial charge in [0, 0.05) is 45.3 Å². The first kappa shape index (κ1) is 35.6. The number of pyridine rings is 2. The standard InChI is InChI=1S/C17H21N3O6.C17H17N3O4/c1-23-14(24-2)11-26-19-17(22)15-16(13(21)8-9-20(15)18)25-10-12-6-4-3-5-7-12;21-13-6-7-20-15(16(13)24-10-12-4-2-1-3-5-12)17(22)19-8-9-23-11-14(19)18-20/h3-9,14H,10-11,18H2,1-2H3,(H,19,22);1-7,14,18H,8-11H2. The molecule has 1 atom stereocenters. The lowest BCUT2D eigenvalue weighted by molar-refractivity contribution is -0.150. The molecule has 0 spiro atoms. The van der Waals surface area contributed by atoms with Gasteiger partial charge >= 0.3 is 0 Å². The van der Waals surface area contributed by atoms with Crippen LogP contribution in [-0.4, -0.2) is 79.1 Å². The number of nitrogens with one attached hydrogen (secondary N) is 2. The van der Waals surface area contributed by atoms with E-state index in [2.05, 4.69) is 10.9 Å². The third-order valence-corrected chi connectivity index (χ3v) is 7.60. The Morgan fingerprint density at radius 1 is 0.900 bits per heavy atom. The number of rotatable bonds is 12. The summed E-state index contributed by atoms with van der Waals surface area (Å²) in [5, 5.41) is 0. The molecule has 16 heteroatoms. The number of fused-ring (bicyclic) bond motifs is 2. The van der Waals surface area contributed by atoms with Gasteiger partial charge in [-0.3, -0.25) is 33.4 Å². The molecule has 4 N–H and O–H groups in total. The number of methoxy groups -OCH3 is 2. The Kier molecular flexibility index (Phi) is 12.2. The summed E-state index contributed by atoms with van der Waals surface area (Å²) in [6.45, 7) is 1.67. The molecule has 2 aromatic heterocycles. The number of hydroxylamine groups is 1. The second-order valence-corrected chi connectivity index (χ2v) is 10.9. The zero-order valence-electron chi connectivity index (χ0n) is 27.5. The Bertz CT molecular complexity index is 1860. The average Bonchev–Trinajstić information content (AvgIpc) is 3.14. The summed E-state index contributed by atoms with van der Waals surface area (Å²) in [4.78, 5) is 56.3. The van der Waals surface area contributed by atoms with E-state index < -0.39 is 17.6 Å². The van der Waals surface area contributed by atoms with Gasteiger partial charge in [0.05, 0.1) is 13.2 Å². The molecule has 0 bridgehead atoms. The number of amides is 2. The number of aromatic nitrogens is 2. The third kappa shape index (κ3) is 8.66. The van der Waals surface area contributed by atoms with Crippen LogP contribution in [0, 0.1) is 0 Å². The largest absolute Gasteiger partial charge is 0.482 e. The van der Waals surface area contributed by atoms with Gasteiger partial charge in [-0.05, 0) is 11.1 Å². The number of benzene rings is 2. The van der Waals surface area contributed by atoms with Gasteiger partial charge in [-0.1, -0.05) is 60.7 Å². The fourth-order valence-electron chi connectivity index (χ4n) is 5.02. The first-order chi connectivity index (χ1) is 24.3. The van der Waals surface area contributed by atoms with Gasteiger partial charge in [0.15, 0.2) is 29.2 Å². The van der Waals surface area contributed by atoms with Crippen molar-refractivity contribution in [3.8, 4) is 11.5 Å². The maximum atomic E-state index is 12.8. The molecule has 1 fully saturated rings. The zero-order valence-corrected chi connectivity index (χ0v) is 27.5. The van der Waals surface area contributed by atoms with E-state index in [1.54, 1.807) is 15.8 Å². The monoisotopic (exact) mass is 690 g/mol. The van der Waals surface area contributed by atoms with E-state index in [4.69, 9.17) is 34.4 Å². The molecule has 16 nitrogen and oxygen atoms in total. The predicted molar refractivity (Wildman–Crippen MR) is 179 cm³/mol. The zero-order chi connectivity index (χ0) is 35.5. The molecule has 4 aromatic rings. The summed E-state index contributed by atoms with van der Waals surface area (Å²) >= 11 is 0. The smallest absolute Gasteiger partial charge is 0.297 e. The highest BCUT2D eigenvalue weighted by atomic mass is 16.7. The number of hydrogen-bond donors (Lipinski definition) is 3. The Morgan fingerprint density at radius 3 is 2.14 bits per heavy atom. The van der Waals surface area contributed by atoms with Crippen LogP contribution in [0.25, 0.3) is 0 Å². The number of morpholine rings is 1. The van der Waals surface area contributed by atoms with E-state index in [1.807, 2.05) is 60.7 Å². The van der Waals surface area contributed by atoms with Crippen molar-refractivity contribution in [2.75, 3.05) is 51.9 Å². The van der Waals surface area contributed by atoms with Gasteiger partial charge < -0.3 is 39.9 Å². The van der Waals surface area contributed by atoms with Crippen LogP contribution < -0.4 is 37.1 Å². The SMILES string of the molecule is COC(CONC(=O)c1c(OCc2ccccc2)c(=O)ccn1N)OC.O=C1c2c(OCc3ccccc3)c(=O)ccn2NC2COCCN12. The van der Waals surface area contributed by atoms with Crippen molar-refractivity contribution in [3.63, 3.8) is 0 Å². The van der Waals surface area contributed by atoms with Crippen LogP contribution >= 0.6 is 0 Å². The summed E-state index contributed by atoms with van der Waals surface area (Å²) in [5.74, 6) is 4.72. The third-order valence-electron chi connectivity index (χ3n) is 7.60. The molecule has 2 aliphatic heterocycles. The lowest BCUT2D eigenvalue weighted by Gasteiger charge is -2.41. The van der Waals surface area contributed by atoms with Crippen LogP contribution in [0.1, 0.15) is 32.1 Å². The van der Waals surface area contributed by atoms with Crippen LogP contribution in [0.2, 0.25) is 0 Å². The minimum absolute atomic E-state index is 0.0550. The predicted octanol–water partition coefficient (Wildman–Crippen LogP) is 1.20. The summed E-state index contributed by atoms with van der Waals surface area (Å²) in [7, 11) is 2.87. The lowest BCUT2D eigenvalue weighted by Crippen LogP contribution is -2.59. The van der Waals surface area contributed by atoms with Crippen LogP contribution in [0.5, 0.6) is 11.5 Å². The highest BCUT2D eigenvalue weighted by Gasteiger charge is 2.37. The molecule has 1 saturated heterocycles. The average molecular weight is 691 g/mol. The Labute approximate surface area is 286 Å². The number of nitrogens with two attached hydrogens (primary N) is 1. The molecule has 0 aliphatic carbocycles. The van der Waals surface area contributed by atoms with E-state index in [-0.39, 0.29) is 60.2 Å². The highest BCUT2D eigenvalue weighted by Crippen LogP contribution is 2.23. The number of carbonyl (C=O) groups is 2. The molecule has 2 aliphatic rings. The summed E-state index contributed by atoms with van der Waals surface area (Å²) in [5.41, 5.74) is 6.41. The van der Waals surface area contributed by atoms with Gasteiger partial charge in [-0.2, -0.15) is 0 Å². The fourth-order valence-corrected chi connectivity index (χ4v) is 5.02. The van der Waals surface area contributed by atoms with E-state index in [0.717, 1.165) is 15.8 Å². The number of hydrogen-bond acceptors (Lipinski definition) is 12. The molecule has 0 saturated carbocycles. The number of nitrogens with zero attached hydrogens (tertiary/aromatic N) is 3. The van der Waals surface area contributed by atoms with Crippen molar-refractivity contribution in [3.05, 3.63) is 128 Å². The second-order valence-electron chi connectivity index (χ2n) is 10.9. The van der Waals surface area contributed by atoms with Crippen molar-refractivity contribution in [2.24, 2.45) is 0 Å². The Balaban J connectivity index is 0.000000195. The molecule has 0 radical (unpaired) electrons. The van der Waals surface area contributed by atoms with Crippen molar-refractivity contribution in [1.29, 1.82) is 0 Å².